The van der Waals surface area contributed by atoms with E-state index in [0.29, 0.717) is 40.7 Å². The van der Waals surface area contributed by atoms with Gasteiger partial charge in [0, 0.05) is 48.5 Å². The van der Waals surface area contributed by atoms with Crippen molar-refractivity contribution in [2.24, 2.45) is 5.73 Å². The highest BCUT2D eigenvalue weighted by Gasteiger charge is 2.13. The first-order valence-electron chi connectivity index (χ1n) is 10.4. The Morgan fingerprint density at radius 2 is 1.91 bits per heavy atom. The molecule has 4 aromatic rings. The first kappa shape index (κ1) is 22.5. The quantitative estimate of drug-likeness (QED) is 0.416. The summed E-state index contributed by atoms with van der Waals surface area (Å²) < 4.78 is 6.21. The summed E-state index contributed by atoms with van der Waals surface area (Å²) >= 11 is 0. The van der Waals surface area contributed by atoms with Crippen LogP contribution in [-0.2, 0) is 11.3 Å². The Morgan fingerprint density at radius 3 is 2.62 bits per heavy atom. The van der Waals surface area contributed by atoms with Crippen LogP contribution >= 0.6 is 0 Å². The molecule has 9 heteroatoms. The number of nitrogens with zero attached hydrogens (tertiary/aromatic N) is 5. The van der Waals surface area contributed by atoms with E-state index in [-0.39, 0.29) is 6.54 Å². The average Bonchev–Trinajstić information content (AvgIpc) is 2.84. The smallest absolute Gasteiger partial charge is 0.231 e. The predicted octanol–water partition coefficient (Wildman–Crippen LogP) is 3.15. The Morgan fingerprint density at radius 1 is 1.09 bits per heavy atom. The van der Waals surface area contributed by atoms with Crippen LogP contribution in [0.5, 0.6) is 11.5 Å². The monoisotopic (exact) mass is 451 g/mol. The van der Waals surface area contributed by atoms with Crippen molar-refractivity contribution in [3.05, 3.63) is 83.9 Å². The number of hydrogen-bond acceptors (Lipinski definition) is 8. The van der Waals surface area contributed by atoms with E-state index in [1.54, 1.807) is 42.9 Å². The molecule has 9 nitrogen and oxygen atoms in total. The fraction of sp³-hybridized carbons (Fsp3) is 0.120. The highest BCUT2D eigenvalue weighted by molar-refractivity contribution is 5.75. The topological polar surface area (TPSA) is 140 Å². The summed E-state index contributed by atoms with van der Waals surface area (Å²) in [5.74, 6) is 0.997. The Labute approximate surface area is 196 Å². The molecule has 0 radical (unpaired) electrons. The maximum absolute atomic E-state index is 10.9. The molecule has 0 saturated heterocycles. The second kappa shape index (κ2) is 10.3. The summed E-state index contributed by atoms with van der Waals surface area (Å²) in [7, 11) is 0. The summed E-state index contributed by atoms with van der Waals surface area (Å²) in [6, 6.07) is 16.4. The Balaban J connectivity index is 1.64. The van der Waals surface area contributed by atoms with Gasteiger partial charge < -0.3 is 15.8 Å². The summed E-state index contributed by atoms with van der Waals surface area (Å²) in [5.41, 5.74) is 9.18. The van der Waals surface area contributed by atoms with Crippen molar-refractivity contribution in [2.45, 2.75) is 13.5 Å². The van der Waals surface area contributed by atoms with E-state index in [1.807, 2.05) is 31.2 Å². The predicted molar refractivity (Wildman–Crippen MR) is 125 cm³/mol. The molecule has 4 rings (SSSR count). The van der Waals surface area contributed by atoms with Gasteiger partial charge in [-0.15, -0.1) is 0 Å². The third-order valence-corrected chi connectivity index (χ3v) is 4.77. The minimum Gasteiger partial charge on any atom is -0.456 e. The zero-order valence-electron chi connectivity index (χ0n) is 18.4. The molecule has 3 N–H and O–H groups in total. The molecule has 0 fully saturated rings. The number of nitrogens with two attached hydrogens (primary N) is 1. The molecule has 34 heavy (non-hydrogen) atoms. The number of hydrogen-bond donors (Lipinski definition) is 2. The lowest BCUT2D eigenvalue weighted by Gasteiger charge is -2.13. The van der Waals surface area contributed by atoms with Crippen LogP contribution in [0.1, 0.15) is 16.8 Å². The van der Waals surface area contributed by atoms with Crippen molar-refractivity contribution < 1.29 is 9.53 Å². The van der Waals surface area contributed by atoms with Crippen LogP contribution in [0.3, 0.4) is 0 Å². The van der Waals surface area contributed by atoms with E-state index in [4.69, 9.17) is 10.5 Å². The second-order valence-electron chi connectivity index (χ2n) is 7.45. The van der Waals surface area contributed by atoms with Crippen LogP contribution < -0.4 is 15.8 Å². The zero-order valence-corrected chi connectivity index (χ0v) is 18.4. The van der Waals surface area contributed by atoms with E-state index in [2.05, 4.69) is 31.3 Å². The van der Waals surface area contributed by atoms with Crippen LogP contribution in [0, 0.1) is 18.3 Å². The lowest BCUT2D eigenvalue weighted by atomic mass is 10.1. The third kappa shape index (κ3) is 5.56. The molecule has 0 atom stereocenters. The molecule has 0 bridgehead atoms. The van der Waals surface area contributed by atoms with Gasteiger partial charge in [0.05, 0.1) is 35.1 Å². The first-order chi connectivity index (χ1) is 16.5. The van der Waals surface area contributed by atoms with Crippen LogP contribution in [0.2, 0.25) is 0 Å². The van der Waals surface area contributed by atoms with E-state index in [1.165, 1.54) is 0 Å². The number of ether oxygens (including phenoxy) is 1. The summed E-state index contributed by atoms with van der Waals surface area (Å²) in [4.78, 5) is 28.7. The highest BCUT2D eigenvalue weighted by atomic mass is 16.5. The largest absolute Gasteiger partial charge is 0.456 e. The van der Waals surface area contributed by atoms with Gasteiger partial charge in [0.2, 0.25) is 5.91 Å². The molecule has 0 aliphatic carbocycles. The number of carbonyl (C=O) groups is 1. The molecule has 0 aliphatic heterocycles. The van der Waals surface area contributed by atoms with Gasteiger partial charge in [0.1, 0.15) is 11.5 Å². The molecular weight excluding hydrogens is 430 g/mol. The fourth-order valence-electron chi connectivity index (χ4n) is 3.24. The van der Waals surface area contributed by atoms with E-state index < -0.39 is 5.91 Å². The molecule has 0 saturated carbocycles. The van der Waals surface area contributed by atoms with E-state index in [9.17, 15) is 10.1 Å². The standard InChI is InChI=1S/C25H21N7O2/c1-16-8-19(10-22(32-16)21-4-2-3-7-29-21)34-23-9-17(11-26)5-6-20(23)25-30-13-18(14-31-25)12-28-15-24(27)33/h2-10,13-14,28H,12,15H2,1H3,(H2,27,33). The molecule has 1 amide bonds. The van der Waals surface area contributed by atoms with Gasteiger partial charge in [-0.25, -0.2) is 9.97 Å². The van der Waals surface area contributed by atoms with Gasteiger partial charge in [-0.2, -0.15) is 5.26 Å². The zero-order chi connectivity index (χ0) is 23.9. The normalized spacial score (nSPS) is 10.5. The van der Waals surface area contributed by atoms with E-state index in [0.717, 1.165) is 17.0 Å². The number of benzene rings is 1. The maximum Gasteiger partial charge on any atom is 0.231 e. The van der Waals surface area contributed by atoms with Gasteiger partial charge in [-0.3, -0.25) is 14.8 Å². The van der Waals surface area contributed by atoms with Crippen molar-refractivity contribution in [1.29, 1.82) is 5.26 Å². The van der Waals surface area contributed by atoms with E-state index >= 15 is 0 Å². The summed E-state index contributed by atoms with van der Waals surface area (Å²) in [6.07, 6.45) is 5.03. The number of aromatic nitrogens is 4. The third-order valence-electron chi connectivity index (χ3n) is 4.77. The molecule has 168 valence electrons. The Bertz CT molecular complexity index is 1350. The number of aryl methyl sites for hydroxylation is 1. The number of amides is 1. The lowest BCUT2D eigenvalue weighted by Crippen LogP contribution is -2.28. The van der Waals surface area contributed by atoms with Gasteiger partial charge in [-0.05, 0) is 37.3 Å². The SMILES string of the molecule is Cc1cc(Oc2cc(C#N)ccc2-c2ncc(CNCC(N)=O)cn2)cc(-c2ccccn2)n1. The second-order valence-corrected chi connectivity index (χ2v) is 7.45. The molecule has 0 aliphatic rings. The minimum absolute atomic E-state index is 0.0706. The van der Waals surface area contributed by atoms with Crippen molar-refractivity contribution in [1.82, 2.24) is 25.3 Å². The van der Waals surface area contributed by atoms with Crippen LogP contribution in [0.4, 0.5) is 0 Å². The minimum atomic E-state index is -0.436. The van der Waals surface area contributed by atoms with Gasteiger partial charge in [0.15, 0.2) is 5.82 Å². The summed E-state index contributed by atoms with van der Waals surface area (Å²) in [5, 5.41) is 12.3. The van der Waals surface area contributed by atoms with Gasteiger partial charge >= 0.3 is 0 Å². The van der Waals surface area contributed by atoms with Crippen LogP contribution in [0.15, 0.2) is 67.1 Å². The highest BCUT2D eigenvalue weighted by Crippen LogP contribution is 2.34. The molecule has 3 heterocycles. The maximum atomic E-state index is 10.9. The average molecular weight is 451 g/mol. The Kier molecular flexibility index (Phi) is 6.81. The molecular formula is C25H21N7O2. The lowest BCUT2D eigenvalue weighted by molar-refractivity contribution is -0.117. The van der Waals surface area contributed by atoms with Crippen LogP contribution in [0.25, 0.3) is 22.8 Å². The first-order valence-corrected chi connectivity index (χ1v) is 10.4. The molecule has 0 unspecified atom stereocenters. The number of primary amides is 1. The number of pyridine rings is 2. The van der Waals surface area contributed by atoms with Crippen molar-refractivity contribution in [3.63, 3.8) is 0 Å². The number of carbonyl (C=O) groups excluding carboxylic acids is 1. The number of nitriles is 1. The van der Waals surface area contributed by atoms with Gasteiger partial charge in [-0.1, -0.05) is 6.07 Å². The number of rotatable bonds is 8. The molecule has 0 spiro atoms. The molecule has 3 aromatic heterocycles. The van der Waals surface area contributed by atoms with Crippen LogP contribution in [-0.4, -0.2) is 32.4 Å². The fourth-order valence-corrected chi connectivity index (χ4v) is 3.24. The number of nitrogens with one attached hydrogen (secondary N) is 1. The van der Waals surface area contributed by atoms with Gasteiger partial charge in [0.25, 0.3) is 0 Å². The van der Waals surface area contributed by atoms with Crippen molar-refractivity contribution in [3.8, 4) is 40.3 Å². The molecule has 1 aromatic carbocycles. The Hall–Kier alpha value is -4.68. The van der Waals surface area contributed by atoms with Crippen molar-refractivity contribution in [2.75, 3.05) is 6.54 Å². The summed E-state index contributed by atoms with van der Waals surface area (Å²) in [6.45, 7) is 2.35. The van der Waals surface area contributed by atoms with Crippen molar-refractivity contribution >= 4 is 5.91 Å².